The zero-order valence-corrected chi connectivity index (χ0v) is 12.0. The van der Waals surface area contributed by atoms with Crippen LogP contribution in [0.4, 0.5) is 20.2 Å². The van der Waals surface area contributed by atoms with Crippen LogP contribution in [0, 0.1) is 11.6 Å². The molecule has 1 aliphatic rings. The molecule has 0 saturated carbocycles. The SMILES string of the molecule is O=C(Nc1cccc(N2CCCC2)c1)c1ccc(F)c(F)c1. The third kappa shape index (κ3) is 3.08. The van der Waals surface area contributed by atoms with Gasteiger partial charge in [0.05, 0.1) is 0 Å². The van der Waals surface area contributed by atoms with E-state index in [1.807, 2.05) is 18.2 Å². The van der Waals surface area contributed by atoms with Gasteiger partial charge in [-0.2, -0.15) is 0 Å². The monoisotopic (exact) mass is 302 g/mol. The molecule has 0 unspecified atom stereocenters. The van der Waals surface area contributed by atoms with Gasteiger partial charge in [-0.05, 0) is 49.2 Å². The van der Waals surface area contributed by atoms with E-state index in [-0.39, 0.29) is 5.56 Å². The number of carbonyl (C=O) groups is 1. The van der Waals surface area contributed by atoms with Crippen LogP contribution in [0.5, 0.6) is 0 Å². The maximum absolute atomic E-state index is 13.2. The highest BCUT2D eigenvalue weighted by Gasteiger charge is 2.14. The van der Waals surface area contributed by atoms with E-state index in [4.69, 9.17) is 0 Å². The molecule has 0 atom stereocenters. The fourth-order valence-electron chi connectivity index (χ4n) is 2.60. The molecule has 1 amide bonds. The standard InChI is InChI=1S/C17H16F2N2O/c18-15-7-6-12(10-16(15)19)17(22)20-13-4-3-5-14(11-13)21-8-1-2-9-21/h3-7,10-11H,1-2,8-9H2,(H,20,22). The van der Waals surface area contributed by atoms with Gasteiger partial charge < -0.3 is 10.2 Å². The van der Waals surface area contributed by atoms with Crippen LogP contribution in [0.1, 0.15) is 23.2 Å². The lowest BCUT2D eigenvalue weighted by Gasteiger charge is -2.18. The predicted octanol–water partition coefficient (Wildman–Crippen LogP) is 3.82. The highest BCUT2D eigenvalue weighted by molar-refractivity contribution is 6.04. The number of hydrogen-bond acceptors (Lipinski definition) is 2. The van der Waals surface area contributed by atoms with Crippen molar-refractivity contribution in [1.82, 2.24) is 0 Å². The fraction of sp³-hybridized carbons (Fsp3) is 0.235. The summed E-state index contributed by atoms with van der Waals surface area (Å²) >= 11 is 0. The van der Waals surface area contributed by atoms with Gasteiger partial charge in [0.1, 0.15) is 0 Å². The maximum atomic E-state index is 13.2. The van der Waals surface area contributed by atoms with E-state index in [9.17, 15) is 13.6 Å². The van der Waals surface area contributed by atoms with Crippen LogP contribution in [0.25, 0.3) is 0 Å². The first-order valence-corrected chi connectivity index (χ1v) is 7.25. The van der Waals surface area contributed by atoms with Crippen molar-refractivity contribution < 1.29 is 13.6 Å². The molecule has 3 rings (SSSR count). The van der Waals surface area contributed by atoms with Gasteiger partial charge in [-0.1, -0.05) is 6.07 Å². The van der Waals surface area contributed by atoms with Gasteiger partial charge in [0.25, 0.3) is 5.91 Å². The number of halogens is 2. The Morgan fingerprint density at radius 1 is 1.00 bits per heavy atom. The largest absolute Gasteiger partial charge is 0.371 e. The molecule has 0 aliphatic carbocycles. The zero-order chi connectivity index (χ0) is 15.5. The minimum atomic E-state index is -1.03. The second-order valence-corrected chi connectivity index (χ2v) is 5.33. The van der Waals surface area contributed by atoms with E-state index in [1.54, 1.807) is 6.07 Å². The molecular formula is C17H16F2N2O. The molecule has 5 heteroatoms. The summed E-state index contributed by atoms with van der Waals surface area (Å²) in [6, 6.07) is 10.6. The maximum Gasteiger partial charge on any atom is 0.255 e. The molecule has 1 N–H and O–H groups in total. The van der Waals surface area contributed by atoms with E-state index >= 15 is 0 Å². The van der Waals surface area contributed by atoms with Crippen molar-refractivity contribution in [3.8, 4) is 0 Å². The first-order valence-electron chi connectivity index (χ1n) is 7.25. The highest BCUT2D eigenvalue weighted by atomic mass is 19.2. The third-order valence-electron chi connectivity index (χ3n) is 3.76. The Kier molecular flexibility index (Phi) is 4.04. The second kappa shape index (κ2) is 6.13. The van der Waals surface area contributed by atoms with Crippen molar-refractivity contribution in [2.24, 2.45) is 0 Å². The number of rotatable bonds is 3. The summed E-state index contributed by atoms with van der Waals surface area (Å²) in [4.78, 5) is 14.4. The van der Waals surface area contributed by atoms with E-state index in [2.05, 4.69) is 10.2 Å². The molecule has 1 heterocycles. The van der Waals surface area contributed by atoms with Gasteiger partial charge >= 0.3 is 0 Å². The summed E-state index contributed by atoms with van der Waals surface area (Å²) in [6.07, 6.45) is 2.34. The van der Waals surface area contributed by atoms with Crippen molar-refractivity contribution in [3.05, 3.63) is 59.7 Å². The molecule has 114 valence electrons. The predicted molar refractivity (Wildman–Crippen MR) is 82.2 cm³/mol. The van der Waals surface area contributed by atoms with E-state index < -0.39 is 17.5 Å². The average Bonchev–Trinajstić information content (AvgIpc) is 3.04. The molecular weight excluding hydrogens is 286 g/mol. The summed E-state index contributed by atoms with van der Waals surface area (Å²) in [5.41, 5.74) is 1.78. The van der Waals surface area contributed by atoms with Crippen molar-refractivity contribution >= 4 is 17.3 Å². The Balaban J connectivity index is 1.76. The first-order chi connectivity index (χ1) is 10.6. The number of nitrogens with zero attached hydrogens (tertiary/aromatic N) is 1. The van der Waals surface area contributed by atoms with E-state index in [0.717, 1.165) is 30.9 Å². The number of amides is 1. The van der Waals surface area contributed by atoms with Crippen molar-refractivity contribution in [1.29, 1.82) is 0 Å². The smallest absolute Gasteiger partial charge is 0.255 e. The molecule has 0 bridgehead atoms. The van der Waals surface area contributed by atoms with Crippen LogP contribution in [-0.4, -0.2) is 19.0 Å². The lowest BCUT2D eigenvalue weighted by Crippen LogP contribution is -2.18. The minimum Gasteiger partial charge on any atom is -0.371 e. The molecule has 2 aromatic carbocycles. The Labute approximate surface area is 127 Å². The van der Waals surface area contributed by atoms with Crippen LogP contribution in [-0.2, 0) is 0 Å². The van der Waals surface area contributed by atoms with Crippen molar-refractivity contribution in [2.75, 3.05) is 23.3 Å². The summed E-state index contributed by atoms with van der Waals surface area (Å²) in [5, 5.41) is 2.71. The number of carbonyl (C=O) groups excluding carboxylic acids is 1. The van der Waals surface area contributed by atoms with Crippen LogP contribution >= 0.6 is 0 Å². The van der Waals surface area contributed by atoms with E-state index in [0.29, 0.717) is 5.69 Å². The Morgan fingerprint density at radius 2 is 1.77 bits per heavy atom. The molecule has 1 fully saturated rings. The summed E-state index contributed by atoms with van der Waals surface area (Å²) in [5.74, 6) is -2.46. The molecule has 2 aromatic rings. The second-order valence-electron chi connectivity index (χ2n) is 5.33. The summed E-state index contributed by atoms with van der Waals surface area (Å²) in [6.45, 7) is 2.03. The van der Waals surface area contributed by atoms with Gasteiger partial charge in [-0.25, -0.2) is 8.78 Å². The number of hydrogen-bond donors (Lipinski definition) is 1. The Morgan fingerprint density at radius 3 is 2.50 bits per heavy atom. The first kappa shape index (κ1) is 14.5. The number of benzene rings is 2. The third-order valence-corrected chi connectivity index (χ3v) is 3.76. The average molecular weight is 302 g/mol. The summed E-state index contributed by atoms with van der Waals surface area (Å²) in [7, 11) is 0. The van der Waals surface area contributed by atoms with Gasteiger partial charge in [0, 0.05) is 30.0 Å². The molecule has 1 saturated heterocycles. The van der Waals surface area contributed by atoms with Gasteiger partial charge in [-0.3, -0.25) is 4.79 Å². The van der Waals surface area contributed by atoms with Gasteiger partial charge in [0.15, 0.2) is 11.6 Å². The van der Waals surface area contributed by atoms with Gasteiger partial charge in [-0.15, -0.1) is 0 Å². The Hall–Kier alpha value is -2.43. The van der Waals surface area contributed by atoms with Crippen LogP contribution in [0.2, 0.25) is 0 Å². The zero-order valence-electron chi connectivity index (χ0n) is 12.0. The van der Waals surface area contributed by atoms with Crippen LogP contribution in [0.3, 0.4) is 0 Å². The van der Waals surface area contributed by atoms with Gasteiger partial charge in [0.2, 0.25) is 0 Å². The number of anilines is 2. The molecule has 0 radical (unpaired) electrons. The van der Waals surface area contributed by atoms with E-state index in [1.165, 1.54) is 18.9 Å². The fourth-order valence-corrected chi connectivity index (χ4v) is 2.60. The van der Waals surface area contributed by atoms with Crippen molar-refractivity contribution in [2.45, 2.75) is 12.8 Å². The lowest BCUT2D eigenvalue weighted by atomic mass is 10.2. The molecule has 3 nitrogen and oxygen atoms in total. The molecule has 0 spiro atoms. The molecule has 1 aliphatic heterocycles. The lowest BCUT2D eigenvalue weighted by molar-refractivity contribution is 0.102. The normalized spacial score (nSPS) is 14.2. The molecule has 22 heavy (non-hydrogen) atoms. The molecule has 0 aromatic heterocycles. The Bertz CT molecular complexity index is 697. The van der Waals surface area contributed by atoms with Crippen molar-refractivity contribution in [3.63, 3.8) is 0 Å². The topological polar surface area (TPSA) is 32.3 Å². The van der Waals surface area contributed by atoms with Crippen LogP contribution in [0.15, 0.2) is 42.5 Å². The summed E-state index contributed by atoms with van der Waals surface area (Å²) < 4.78 is 26.1. The number of nitrogens with one attached hydrogen (secondary N) is 1. The van der Waals surface area contributed by atoms with Crippen LogP contribution < -0.4 is 10.2 Å². The highest BCUT2D eigenvalue weighted by Crippen LogP contribution is 2.23. The quantitative estimate of drug-likeness (QED) is 0.935. The minimum absolute atomic E-state index is 0.0884.